The largest absolute Gasteiger partial charge is 0.458 e. The molecular weight excluding hydrogens is 465 g/mol. The molecule has 1 aliphatic rings. The Morgan fingerprint density at radius 1 is 1.03 bits per heavy atom. The second-order valence-corrected chi connectivity index (χ2v) is 14.3. The predicted molar refractivity (Wildman–Crippen MR) is 144 cm³/mol. The Morgan fingerprint density at radius 2 is 1.65 bits per heavy atom. The highest BCUT2D eigenvalue weighted by Crippen LogP contribution is 2.66. The molecule has 2 aromatic carbocycles. The van der Waals surface area contributed by atoms with Gasteiger partial charge in [-0.15, -0.1) is 0 Å². The second kappa shape index (κ2) is 12.7. The van der Waals surface area contributed by atoms with Gasteiger partial charge in [0.1, 0.15) is 12.3 Å². The van der Waals surface area contributed by atoms with E-state index in [0.717, 1.165) is 60.4 Å². The monoisotopic (exact) mass is 502 g/mol. The van der Waals surface area contributed by atoms with Gasteiger partial charge in [-0.25, -0.2) is 4.79 Å². The fraction of sp³-hybridized carbons (Fsp3) is 0.500. The fourth-order valence-corrected chi connectivity index (χ4v) is 10.6. The molecular formula is C28H38ClNO3P+. The van der Waals surface area contributed by atoms with Crippen molar-refractivity contribution in [1.29, 1.82) is 0 Å². The quantitative estimate of drug-likeness (QED) is 0.287. The Hall–Kier alpha value is -1.90. The van der Waals surface area contributed by atoms with Crippen molar-refractivity contribution in [2.75, 3.05) is 23.8 Å². The van der Waals surface area contributed by atoms with Gasteiger partial charge >= 0.3 is 5.97 Å². The highest BCUT2D eigenvalue weighted by atomic mass is 35.5. The number of nitrogens with one attached hydrogen (secondary N) is 1. The van der Waals surface area contributed by atoms with Crippen LogP contribution in [0.25, 0.3) is 0 Å². The Labute approximate surface area is 210 Å². The molecule has 0 aromatic heterocycles. The van der Waals surface area contributed by atoms with E-state index >= 15 is 0 Å². The molecule has 1 heterocycles. The van der Waals surface area contributed by atoms with Gasteiger partial charge in [0.2, 0.25) is 0 Å². The molecule has 2 aromatic rings. The van der Waals surface area contributed by atoms with Gasteiger partial charge in [0.15, 0.2) is 6.16 Å². The second-order valence-electron chi connectivity index (χ2n) is 9.59. The van der Waals surface area contributed by atoms with E-state index in [1.807, 2.05) is 56.3 Å². The summed E-state index contributed by atoms with van der Waals surface area (Å²) in [6, 6.07) is 13.6. The maximum Gasteiger partial charge on any atom is 0.344 e. The van der Waals surface area contributed by atoms with E-state index in [2.05, 4.69) is 12.2 Å². The average Bonchev–Trinajstić information content (AvgIpc) is 3.05. The third-order valence-electron chi connectivity index (χ3n) is 6.92. The van der Waals surface area contributed by atoms with E-state index in [9.17, 15) is 9.59 Å². The van der Waals surface area contributed by atoms with Crippen LogP contribution in [0, 0.1) is 13.8 Å². The number of carbonyl (C=O) groups is 2. The number of aryl methyl sites for hydroxylation is 2. The highest BCUT2D eigenvalue weighted by Gasteiger charge is 2.51. The average molecular weight is 503 g/mol. The van der Waals surface area contributed by atoms with Crippen molar-refractivity contribution in [2.45, 2.75) is 71.6 Å². The highest BCUT2D eigenvalue weighted by molar-refractivity contribution is 7.78. The first-order valence-electron chi connectivity index (χ1n) is 12.5. The SMILES string of the molecule is CCCC(C(=O)Nc1c(C)cc(Cl)cc1C)[P+]1(CC(=O)OCc2ccccc2)CCCCCC1. The first-order chi connectivity index (χ1) is 16.3. The molecule has 0 aliphatic carbocycles. The minimum atomic E-state index is -1.88. The predicted octanol–water partition coefficient (Wildman–Crippen LogP) is 7.40. The first-order valence-corrected chi connectivity index (χ1v) is 15.3. The smallest absolute Gasteiger partial charge is 0.344 e. The molecule has 1 saturated heterocycles. The minimum Gasteiger partial charge on any atom is -0.458 e. The molecule has 6 heteroatoms. The van der Waals surface area contributed by atoms with Crippen LogP contribution in [-0.2, 0) is 20.9 Å². The van der Waals surface area contributed by atoms with Crippen LogP contribution in [0.15, 0.2) is 42.5 Å². The van der Waals surface area contributed by atoms with Crippen LogP contribution in [0.3, 0.4) is 0 Å². The lowest BCUT2D eigenvalue weighted by Gasteiger charge is -2.33. The topological polar surface area (TPSA) is 55.4 Å². The van der Waals surface area contributed by atoms with Crippen molar-refractivity contribution in [1.82, 2.24) is 0 Å². The number of ether oxygens (including phenoxy) is 1. The first kappa shape index (κ1) is 26.7. The molecule has 1 atom stereocenters. The number of carbonyl (C=O) groups excluding carboxylic acids is 2. The zero-order chi connectivity index (χ0) is 24.6. The van der Waals surface area contributed by atoms with Crippen LogP contribution >= 0.6 is 18.9 Å². The molecule has 1 aliphatic heterocycles. The Morgan fingerprint density at radius 3 is 2.24 bits per heavy atom. The van der Waals surface area contributed by atoms with Crippen molar-refractivity contribution in [3.8, 4) is 0 Å². The normalized spacial score (nSPS) is 16.4. The number of benzene rings is 2. The number of anilines is 1. The van der Waals surface area contributed by atoms with Crippen LogP contribution in [0.1, 0.15) is 62.1 Å². The van der Waals surface area contributed by atoms with E-state index in [4.69, 9.17) is 16.3 Å². The van der Waals surface area contributed by atoms with Crippen LogP contribution in [-0.4, -0.2) is 36.0 Å². The number of rotatable bonds is 9. The molecule has 0 saturated carbocycles. The van der Waals surface area contributed by atoms with Gasteiger partial charge in [-0.3, -0.25) is 4.79 Å². The van der Waals surface area contributed by atoms with Crippen molar-refractivity contribution in [3.05, 3.63) is 64.2 Å². The van der Waals surface area contributed by atoms with Crippen LogP contribution in [0.5, 0.6) is 0 Å². The van der Waals surface area contributed by atoms with E-state index in [1.54, 1.807) is 0 Å². The summed E-state index contributed by atoms with van der Waals surface area (Å²) < 4.78 is 5.72. The molecule has 184 valence electrons. The molecule has 34 heavy (non-hydrogen) atoms. The fourth-order valence-electron chi connectivity index (χ4n) is 5.18. The van der Waals surface area contributed by atoms with Gasteiger partial charge in [-0.1, -0.05) is 55.3 Å². The molecule has 4 nitrogen and oxygen atoms in total. The van der Waals surface area contributed by atoms with Gasteiger partial charge < -0.3 is 10.1 Å². The van der Waals surface area contributed by atoms with Crippen molar-refractivity contribution in [3.63, 3.8) is 0 Å². The lowest BCUT2D eigenvalue weighted by molar-refractivity contribution is -0.141. The van der Waals surface area contributed by atoms with Crippen molar-refractivity contribution >= 4 is 36.4 Å². The minimum absolute atomic E-state index is 0.0569. The Balaban J connectivity index is 1.83. The number of esters is 1. The van der Waals surface area contributed by atoms with Gasteiger partial charge in [0, 0.05) is 18.0 Å². The van der Waals surface area contributed by atoms with Gasteiger partial charge in [0.25, 0.3) is 5.91 Å². The van der Waals surface area contributed by atoms with Gasteiger partial charge in [-0.2, -0.15) is 0 Å². The summed E-state index contributed by atoms with van der Waals surface area (Å²) in [7, 11) is -1.88. The van der Waals surface area contributed by atoms with Crippen LogP contribution in [0.2, 0.25) is 5.02 Å². The van der Waals surface area contributed by atoms with Crippen molar-refractivity contribution in [2.24, 2.45) is 0 Å². The summed E-state index contributed by atoms with van der Waals surface area (Å²) in [5.41, 5.74) is 3.62. The molecule has 0 bridgehead atoms. The van der Waals surface area contributed by atoms with Crippen LogP contribution < -0.4 is 5.32 Å². The van der Waals surface area contributed by atoms with E-state index in [-0.39, 0.29) is 24.1 Å². The molecule has 0 spiro atoms. The number of amides is 1. The maximum absolute atomic E-state index is 13.8. The molecule has 3 rings (SSSR count). The summed E-state index contributed by atoms with van der Waals surface area (Å²) in [5, 5.41) is 3.92. The zero-order valence-corrected chi connectivity index (χ0v) is 22.4. The van der Waals surface area contributed by atoms with E-state index in [1.165, 1.54) is 12.8 Å². The Bertz CT molecular complexity index is 948. The van der Waals surface area contributed by atoms with Gasteiger partial charge in [-0.05, 0) is 74.8 Å². The number of hydrogen-bond acceptors (Lipinski definition) is 3. The lowest BCUT2D eigenvalue weighted by Crippen LogP contribution is -2.36. The van der Waals surface area contributed by atoms with Crippen LogP contribution in [0.4, 0.5) is 5.69 Å². The molecule has 1 amide bonds. The molecule has 1 unspecified atom stereocenters. The molecule has 1 fully saturated rings. The summed E-state index contributed by atoms with van der Waals surface area (Å²) in [6.45, 7) is 6.36. The third kappa shape index (κ3) is 7.06. The molecule has 1 N–H and O–H groups in total. The van der Waals surface area contributed by atoms with E-state index < -0.39 is 7.26 Å². The summed E-state index contributed by atoms with van der Waals surface area (Å²) in [6.07, 6.45) is 8.63. The number of hydrogen-bond donors (Lipinski definition) is 1. The van der Waals surface area contributed by atoms with Crippen molar-refractivity contribution < 1.29 is 14.3 Å². The Kier molecular flexibility index (Phi) is 9.97. The summed E-state index contributed by atoms with van der Waals surface area (Å²) in [5.74, 6) is -0.103. The zero-order valence-electron chi connectivity index (χ0n) is 20.7. The maximum atomic E-state index is 13.8. The third-order valence-corrected chi connectivity index (χ3v) is 12.3. The number of halogens is 1. The lowest BCUT2D eigenvalue weighted by atomic mass is 10.1. The summed E-state index contributed by atoms with van der Waals surface area (Å²) in [4.78, 5) is 26.9. The summed E-state index contributed by atoms with van der Waals surface area (Å²) >= 11 is 6.21. The van der Waals surface area contributed by atoms with Gasteiger partial charge in [0.05, 0.1) is 12.3 Å². The standard InChI is InChI=1S/C28H37ClNO3P/c1-4-12-25(28(32)30-27-21(2)17-24(29)18-22(27)3)34(15-10-5-6-11-16-34)20-26(31)33-19-23-13-8-7-9-14-23/h7-9,13-14,17-18,25H,4-6,10-12,15-16,19-20H2,1-3H3/p+1. The van der Waals surface area contributed by atoms with E-state index in [0.29, 0.717) is 11.2 Å². The molecule has 0 radical (unpaired) electrons.